The van der Waals surface area contributed by atoms with Gasteiger partial charge in [-0.2, -0.15) is 0 Å². The van der Waals surface area contributed by atoms with E-state index in [0.29, 0.717) is 6.04 Å². The third-order valence-electron chi connectivity index (χ3n) is 3.52. The normalized spacial score (nSPS) is 20.9. The summed E-state index contributed by atoms with van der Waals surface area (Å²) in [6.07, 6.45) is 5.39. The van der Waals surface area contributed by atoms with Crippen LogP contribution in [0.4, 0.5) is 0 Å². The van der Waals surface area contributed by atoms with Gasteiger partial charge in [-0.15, -0.1) is 0 Å². The zero-order valence-corrected chi connectivity index (χ0v) is 9.98. The van der Waals surface area contributed by atoms with E-state index in [1.54, 1.807) is 12.3 Å². The highest BCUT2D eigenvalue weighted by atomic mass is 16.3. The topological polar surface area (TPSA) is 49.6 Å². The van der Waals surface area contributed by atoms with Gasteiger partial charge in [-0.1, -0.05) is 6.42 Å². The second-order valence-electron chi connectivity index (χ2n) is 4.70. The maximum absolute atomic E-state index is 9.51. The molecule has 90 valence electrons. The predicted octanol–water partition coefficient (Wildman–Crippen LogP) is 2.16. The molecule has 0 aromatic carbocycles. The van der Waals surface area contributed by atoms with E-state index in [0.717, 1.165) is 30.0 Å². The Morgan fingerprint density at radius 2 is 2.29 bits per heavy atom. The van der Waals surface area contributed by atoms with E-state index in [1.165, 1.54) is 12.8 Å². The largest absolute Gasteiger partial charge is 0.506 e. The third-order valence-corrected chi connectivity index (χ3v) is 3.52. The molecule has 0 saturated carbocycles. The molecule has 1 atom stereocenters. The number of rotatable bonds is 1. The molecule has 1 aliphatic rings. The summed E-state index contributed by atoms with van der Waals surface area (Å²) in [5.41, 5.74) is 3.15. The number of aromatic nitrogens is 2. The summed E-state index contributed by atoms with van der Waals surface area (Å²) in [4.78, 5) is 4.67. The fourth-order valence-corrected chi connectivity index (χ4v) is 2.58. The molecule has 4 nitrogen and oxygen atoms in total. The lowest BCUT2D eigenvalue weighted by Crippen LogP contribution is -2.27. The van der Waals surface area contributed by atoms with Crippen LogP contribution in [0.25, 0.3) is 5.65 Å². The molecule has 0 amide bonds. The first-order valence-electron chi connectivity index (χ1n) is 6.16. The summed E-state index contributed by atoms with van der Waals surface area (Å²) in [5, 5.41) is 13.0. The van der Waals surface area contributed by atoms with Crippen molar-refractivity contribution >= 4 is 5.65 Å². The van der Waals surface area contributed by atoms with Crippen LogP contribution in [0.3, 0.4) is 0 Å². The summed E-state index contributed by atoms with van der Waals surface area (Å²) in [7, 11) is 0. The SMILES string of the molecule is Cc1c(C2CCCCN2)nc2ccc(O)cn12. The number of aromatic hydroxyl groups is 1. The molecule has 0 aliphatic carbocycles. The summed E-state index contributed by atoms with van der Waals surface area (Å²) in [6, 6.07) is 3.90. The van der Waals surface area contributed by atoms with Crippen LogP contribution in [0, 0.1) is 6.92 Å². The molecule has 4 heteroatoms. The number of nitrogens with zero attached hydrogens (tertiary/aromatic N) is 2. The van der Waals surface area contributed by atoms with Crippen molar-refractivity contribution < 1.29 is 5.11 Å². The van der Waals surface area contributed by atoms with Gasteiger partial charge in [0.05, 0.1) is 17.9 Å². The average molecular weight is 231 g/mol. The third kappa shape index (κ3) is 1.78. The molecule has 3 rings (SSSR count). The zero-order chi connectivity index (χ0) is 11.8. The first-order chi connectivity index (χ1) is 8.25. The molecule has 0 radical (unpaired) electrons. The first-order valence-corrected chi connectivity index (χ1v) is 6.16. The number of imidazole rings is 1. The molecule has 2 aromatic heterocycles. The molecule has 3 heterocycles. The quantitative estimate of drug-likeness (QED) is 0.790. The van der Waals surface area contributed by atoms with Crippen molar-refractivity contribution in [3.8, 4) is 5.75 Å². The van der Waals surface area contributed by atoms with Crippen molar-refractivity contribution in [2.75, 3.05) is 6.54 Å². The minimum Gasteiger partial charge on any atom is -0.506 e. The van der Waals surface area contributed by atoms with Gasteiger partial charge in [0.2, 0.25) is 0 Å². The van der Waals surface area contributed by atoms with Crippen LogP contribution in [0.5, 0.6) is 5.75 Å². The van der Waals surface area contributed by atoms with Gasteiger partial charge in [0.15, 0.2) is 0 Å². The van der Waals surface area contributed by atoms with Crippen molar-refractivity contribution in [1.29, 1.82) is 0 Å². The summed E-state index contributed by atoms with van der Waals surface area (Å²) < 4.78 is 1.96. The van der Waals surface area contributed by atoms with Gasteiger partial charge in [-0.3, -0.25) is 0 Å². The highest BCUT2D eigenvalue weighted by molar-refractivity contribution is 5.46. The van der Waals surface area contributed by atoms with Crippen LogP contribution in [0.2, 0.25) is 0 Å². The van der Waals surface area contributed by atoms with Crippen molar-refractivity contribution in [2.45, 2.75) is 32.2 Å². The number of aryl methyl sites for hydroxylation is 1. The Morgan fingerprint density at radius 3 is 3.06 bits per heavy atom. The molecule has 1 unspecified atom stereocenters. The van der Waals surface area contributed by atoms with Crippen LogP contribution in [-0.4, -0.2) is 21.0 Å². The Balaban J connectivity index is 2.07. The van der Waals surface area contributed by atoms with E-state index in [2.05, 4.69) is 17.2 Å². The predicted molar refractivity (Wildman–Crippen MR) is 66.2 cm³/mol. The minimum atomic E-state index is 0.279. The lowest BCUT2D eigenvalue weighted by molar-refractivity contribution is 0.405. The van der Waals surface area contributed by atoms with E-state index in [-0.39, 0.29) is 5.75 Å². The van der Waals surface area contributed by atoms with Gasteiger partial charge in [0.25, 0.3) is 0 Å². The van der Waals surface area contributed by atoms with E-state index in [4.69, 9.17) is 0 Å². The van der Waals surface area contributed by atoms with Crippen LogP contribution >= 0.6 is 0 Å². The average Bonchev–Trinajstić information content (AvgIpc) is 2.68. The molecule has 2 N–H and O–H groups in total. The Hall–Kier alpha value is -1.55. The highest BCUT2D eigenvalue weighted by Gasteiger charge is 2.20. The smallest absolute Gasteiger partial charge is 0.137 e. The van der Waals surface area contributed by atoms with Gasteiger partial charge in [-0.25, -0.2) is 4.98 Å². The Kier molecular flexibility index (Phi) is 2.52. The van der Waals surface area contributed by atoms with E-state index in [9.17, 15) is 5.11 Å². The number of nitrogens with one attached hydrogen (secondary N) is 1. The number of pyridine rings is 1. The van der Waals surface area contributed by atoms with Gasteiger partial charge >= 0.3 is 0 Å². The van der Waals surface area contributed by atoms with Crippen LogP contribution < -0.4 is 5.32 Å². The van der Waals surface area contributed by atoms with Gasteiger partial charge in [-0.05, 0) is 38.4 Å². The molecule has 2 aromatic rings. The molecule has 1 saturated heterocycles. The molecule has 0 bridgehead atoms. The molecule has 17 heavy (non-hydrogen) atoms. The Bertz CT molecular complexity index is 541. The van der Waals surface area contributed by atoms with E-state index >= 15 is 0 Å². The zero-order valence-electron chi connectivity index (χ0n) is 9.98. The summed E-state index contributed by atoms with van der Waals surface area (Å²) in [5.74, 6) is 0.279. The monoisotopic (exact) mass is 231 g/mol. The second kappa shape index (κ2) is 4.04. The van der Waals surface area contributed by atoms with Gasteiger partial charge in [0.1, 0.15) is 11.4 Å². The maximum atomic E-state index is 9.51. The first kappa shape index (κ1) is 10.6. The van der Waals surface area contributed by atoms with Crippen LogP contribution in [-0.2, 0) is 0 Å². The molecule has 0 spiro atoms. The Labute approximate surface area is 100 Å². The fourth-order valence-electron chi connectivity index (χ4n) is 2.58. The van der Waals surface area contributed by atoms with Crippen molar-refractivity contribution in [1.82, 2.24) is 14.7 Å². The summed E-state index contributed by atoms with van der Waals surface area (Å²) >= 11 is 0. The second-order valence-corrected chi connectivity index (χ2v) is 4.70. The van der Waals surface area contributed by atoms with Crippen LogP contribution in [0.15, 0.2) is 18.3 Å². The number of fused-ring (bicyclic) bond motifs is 1. The van der Waals surface area contributed by atoms with Crippen molar-refractivity contribution in [3.05, 3.63) is 29.7 Å². The molecule has 1 fully saturated rings. The van der Waals surface area contributed by atoms with Crippen LogP contribution in [0.1, 0.15) is 36.7 Å². The molecule has 1 aliphatic heterocycles. The standard InChI is InChI=1S/C13H17N3O/c1-9-13(11-4-2-3-7-14-11)15-12-6-5-10(17)8-16(9)12/h5-6,8,11,14,17H,2-4,7H2,1H3. The lowest BCUT2D eigenvalue weighted by Gasteiger charge is -2.22. The van der Waals surface area contributed by atoms with Crippen molar-refractivity contribution in [3.63, 3.8) is 0 Å². The van der Waals surface area contributed by atoms with E-state index < -0.39 is 0 Å². The highest BCUT2D eigenvalue weighted by Crippen LogP contribution is 2.26. The number of hydrogen-bond acceptors (Lipinski definition) is 3. The van der Waals surface area contributed by atoms with E-state index in [1.807, 2.05) is 10.5 Å². The van der Waals surface area contributed by atoms with Crippen molar-refractivity contribution in [2.24, 2.45) is 0 Å². The maximum Gasteiger partial charge on any atom is 0.137 e. The fraction of sp³-hybridized carbons (Fsp3) is 0.462. The van der Waals surface area contributed by atoms with Gasteiger partial charge < -0.3 is 14.8 Å². The number of hydrogen-bond donors (Lipinski definition) is 2. The minimum absolute atomic E-state index is 0.279. The number of piperidine rings is 1. The lowest BCUT2D eigenvalue weighted by atomic mass is 10.0. The Morgan fingerprint density at radius 1 is 1.41 bits per heavy atom. The molecular weight excluding hydrogens is 214 g/mol. The summed E-state index contributed by atoms with van der Waals surface area (Å²) in [6.45, 7) is 3.13. The van der Waals surface area contributed by atoms with Gasteiger partial charge in [0, 0.05) is 5.69 Å². The molecular formula is C13H17N3O.